The van der Waals surface area contributed by atoms with Crippen LogP contribution in [0.4, 0.5) is 0 Å². The van der Waals surface area contributed by atoms with Gasteiger partial charge in [0.25, 0.3) is 0 Å². The lowest BCUT2D eigenvalue weighted by atomic mass is 10.0. The minimum Gasteiger partial charge on any atom is -0.485 e. The van der Waals surface area contributed by atoms with Gasteiger partial charge in [0.15, 0.2) is 0 Å². The monoisotopic (exact) mass is 295 g/mol. The highest BCUT2D eigenvalue weighted by molar-refractivity contribution is 5.82. The van der Waals surface area contributed by atoms with E-state index in [0.717, 1.165) is 41.9 Å². The molecule has 0 radical (unpaired) electrons. The van der Waals surface area contributed by atoms with E-state index >= 15 is 0 Å². The van der Waals surface area contributed by atoms with E-state index in [-0.39, 0.29) is 11.8 Å². The van der Waals surface area contributed by atoms with Crippen molar-refractivity contribution in [1.82, 2.24) is 15.3 Å². The van der Waals surface area contributed by atoms with Crippen LogP contribution in [0.3, 0.4) is 0 Å². The molecule has 1 saturated heterocycles. The molecule has 3 N–H and O–H groups in total. The number of ether oxygens (including phenoxy) is 1. The predicted molar refractivity (Wildman–Crippen MR) is 85.5 cm³/mol. The minimum atomic E-state index is -0.205. The molecule has 3 aromatic rings. The fraction of sp³-hybridized carbons (Fsp3) is 0.235. The topological polar surface area (TPSA) is 69.9 Å². The number of H-pyrrole nitrogens is 2. The summed E-state index contributed by atoms with van der Waals surface area (Å²) in [6.07, 6.45) is 0.983. The second-order valence-corrected chi connectivity index (χ2v) is 5.66. The maximum Gasteiger partial charge on any atom is 0.323 e. The maximum absolute atomic E-state index is 11.6. The Kier molecular flexibility index (Phi) is 3.20. The van der Waals surface area contributed by atoms with Crippen LogP contribution in [-0.4, -0.2) is 29.2 Å². The van der Waals surface area contributed by atoms with Crippen LogP contribution < -0.4 is 15.7 Å². The highest BCUT2D eigenvalue weighted by Crippen LogP contribution is 2.27. The van der Waals surface area contributed by atoms with Gasteiger partial charge < -0.3 is 20.0 Å². The first-order chi connectivity index (χ1) is 10.8. The van der Waals surface area contributed by atoms with Crippen LogP contribution in [0.25, 0.3) is 11.0 Å². The van der Waals surface area contributed by atoms with Gasteiger partial charge in [-0.25, -0.2) is 4.79 Å². The molecule has 0 unspecified atom stereocenters. The summed E-state index contributed by atoms with van der Waals surface area (Å²) in [6, 6.07) is 14.3. The first-order valence-corrected chi connectivity index (χ1v) is 7.44. The number of fused-ring (bicyclic) bond motifs is 1. The summed E-state index contributed by atoms with van der Waals surface area (Å²) in [5.41, 5.74) is 3.69. The highest BCUT2D eigenvalue weighted by Gasteiger charge is 2.20. The Labute approximate surface area is 127 Å². The molecule has 112 valence electrons. The number of rotatable bonds is 4. The molecule has 0 saturated carbocycles. The van der Waals surface area contributed by atoms with E-state index < -0.39 is 0 Å². The highest BCUT2D eigenvalue weighted by atomic mass is 16.5. The summed E-state index contributed by atoms with van der Waals surface area (Å²) < 4.78 is 6.00. The van der Waals surface area contributed by atoms with Crippen molar-refractivity contribution in [2.45, 2.75) is 12.5 Å². The molecule has 1 aliphatic rings. The summed E-state index contributed by atoms with van der Waals surface area (Å²) in [5.74, 6) is 0.744. The average molecular weight is 295 g/mol. The zero-order valence-corrected chi connectivity index (χ0v) is 12.1. The van der Waals surface area contributed by atoms with Crippen LogP contribution in [0.2, 0.25) is 0 Å². The van der Waals surface area contributed by atoms with E-state index in [1.807, 2.05) is 30.3 Å². The summed E-state index contributed by atoms with van der Waals surface area (Å²) in [6.45, 7) is 1.69. The molecule has 0 aliphatic carbocycles. The third-order valence-electron chi connectivity index (χ3n) is 3.94. The second-order valence-electron chi connectivity index (χ2n) is 5.66. The van der Waals surface area contributed by atoms with Crippen molar-refractivity contribution in [3.63, 3.8) is 0 Å². The van der Waals surface area contributed by atoms with Crippen LogP contribution >= 0.6 is 0 Å². The van der Waals surface area contributed by atoms with Crippen LogP contribution in [0.1, 0.15) is 11.1 Å². The molecule has 0 bridgehead atoms. The average Bonchev–Trinajstić information content (AvgIpc) is 2.84. The first kappa shape index (κ1) is 13.2. The Hall–Kier alpha value is -2.53. The summed E-state index contributed by atoms with van der Waals surface area (Å²) in [7, 11) is 0. The summed E-state index contributed by atoms with van der Waals surface area (Å²) >= 11 is 0. The lowest BCUT2D eigenvalue weighted by molar-refractivity contribution is 0.144. The van der Waals surface area contributed by atoms with E-state index in [4.69, 9.17) is 4.74 Å². The van der Waals surface area contributed by atoms with Gasteiger partial charge in [0.2, 0.25) is 0 Å². The Morgan fingerprint density at radius 3 is 2.59 bits per heavy atom. The quantitative estimate of drug-likeness (QED) is 0.687. The number of hydrogen-bond donors (Lipinski definition) is 3. The molecule has 2 heterocycles. The van der Waals surface area contributed by atoms with Gasteiger partial charge in [0.05, 0.1) is 5.52 Å². The lowest BCUT2D eigenvalue weighted by Gasteiger charge is -2.28. The smallest absolute Gasteiger partial charge is 0.323 e. The lowest BCUT2D eigenvalue weighted by Crippen LogP contribution is -2.50. The zero-order valence-electron chi connectivity index (χ0n) is 12.1. The van der Waals surface area contributed by atoms with Gasteiger partial charge in [-0.05, 0) is 29.7 Å². The van der Waals surface area contributed by atoms with Crippen molar-refractivity contribution in [3.8, 4) is 5.75 Å². The van der Waals surface area contributed by atoms with E-state index in [1.165, 1.54) is 5.56 Å². The van der Waals surface area contributed by atoms with Crippen LogP contribution in [0.15, 0.2) is 47.3 Å². The molecule has 5 heteroatoms. The number of imidazole rings is 1. The van der Waals surface area contributed by atoms with Crippen molar-refractivity contribution < 1.29 is 4.74 Å². The maximum atomic E-state index is 11.6. The van der Waals surface area contributed by atoms with Gasteiger partial charge >= 0.3 is 5.69 Å². The van der Waals surface area contributed by atoms with Gasteiger partial charge in [0, 0.05) is 13.1 Å². The molecule has 22 heavy (non-hydrogen) atoms. The van der Waals surface area contributed by atoms with Crippen molar-refractivity contribution in [3.05, 3.63) is 64.1 Å². The van der Waals surface area contributed by atoms with Gasteiger partial charge in [-0.3, -0.25) is 0 Å². The number of hydrogen-bond acceptors (Lipinski definition) is 3. The second kappa shape index (κ2) is 5.35. The normalized spacial score (nSPS) is 14.9. The molecule has 1 aliphatic heterocycles. The Morgan fingerprint density at radius 1 is 1.05 bits per heavy atom. The summed E-state index contributed by atoms with van der Waals surface area (Å²) in [4.78, 5) is 17.2. The van der Waals surface area contributed by atoms with Crippen molar-refractivity contribution in [1.29, 1.82) is 0 Å². The van der Waals surface area contributed by atoms with Crippen LogP contribution in [-0.2, 0) is 6.42 Å². The molecular formula is C17H17N3O2. The number of aromatic nitrogens is 2. The minimum absolute atomic E-state index is 0.175. The molecule has 1 fully saturated rings. The molecule has 4 rings (SSSR count). The number of benzene rings is 2. The standard InChI is InChI=1S/C17H17N3O2/c21-17-19-14-7-12(6-11-4-2-1-3-5-11)8-15(16(14)20-17)22-13-9-18-10-13/h1-5,7-8,13,18H,6,9-10H2,(H2,19,20,21). The molecule has 0 atom stereocenters. The van der Waals surface area contributed by atoms with Gasteiger partial charge in [0.1, 0.15) is 17.4 Å². The SMILES string of the molecule is O=c1[nH]c2cc(Cc3ccccc3)cc(OC3CNC3)c2[nH]1. The van der Waals surface area contributed by atoms with Gasteiger partial charge in [-0.15, -0.1) is 0 Å². The molecule has 5 nitrogen and oxygen atoms in total. The molecule has 2 aromatic carbocycles. The zero-order chi connectivity index (χ0) is 14.9. The van der Waals surface area contributed by atoms with E-state index in [9.17, 15) is 4.79 Å². The van der Waals surface area contributed by atoms with Crippen LogP contribution in [0.5, 0.6) is 5.75 Å². The third kappa shape index (κ3) is 2.51. The van der Waals surface area contributed by atoms with Gasteiger partial charge in [-0.2, -0.15) is 0 Å². The molecule has 0 spiro atoms. The van der Waals surface area contributed by atoms with Crippen molar-refractivity contribution in [2.24, 2.45) is 0 Å². The molecule has 0 amide bonds. The third-order valence-corrected chi connectivity index (χ3v) is 3.94. The van der Waals surface area contributed by atoms with E-state index in [2.05, 4.69) is 27.4 Å². The molecule has 1 aromatic heterocycles. The Morgan fingerprint density at radius 2 is 1.86 bits per heavy atom. The Balaban J connectivity index is 1.73. The van der Waals surface area contributed by atoms with E-state index in [0.29, 0.717) is 0 Å². The fourth-order valence-corrected chi connectivity index (χ4v) is 2.72. The largest absolute Gasteiger partial charge is 0.485 e. The van der Waals surface area contributed by atoms with Crippen molar-refractivity contribution >= 4 is 11.0 Å². The fourth-order valence-electron chi connectivity index (χ4n) is 2.72. The van der Waals surface area contributed by atoms with E-state index in [1.54, 1.807) is 0 Å². The number of nitrogens with one attached hydrogen (secondary N) is 3. The Bertz CT molecular complexity index is 847. The van der Waals surface area contributed by atoms with Gasteiger partial charge in [-0.1, -0.05) is 30.3 Å². The van der Waals surface area contributed by atoms with Crippen molar-refractivity contribution in [2.75, 3.05) is 13.1 Å². The summed E-state index contributed by atoms with van der Waals surface area (Å²) in [5, 5.41) is 3.18. The first-order valence-electron chi connectivity index (χ1n) is 7.44. The predicted octanol–water partition coefficient (Wildman–Crippen LogP) is 1.80. The molecular weight excluding hydrogens is 278 g/mol. The number of aromatic amines is 2. The van der Waals surface area contributed by atoms with Crippen LogP contribution in [0, 0.1) is 0 Å².